The second-order valence-electron chi connectivity index (χ2n) is 5.82. The number of nitrogens with zero attached hydrogens (tertiary/aromatic N) is 2. The highest BCUT2D eigenvalue weighted by atomic mass is 35.5. The van der Waals surface area contributed by atoms with Crippen molar-refractivity contribution >= 4 is 40.8 Å². The number of ether oxygens (including phenoxy) is 1. The van der Waals surface area contributed by atoms with Gasteiger partial charge in [0.1, 0.15) is 0 Å². The highest BCUT2D eigenvalue weighted by Crippen LogP contribution is 2.22. The lowest BCUT2D eigenvalue weighted by molar-refractivity contribution is -0.136. The number of benzene rings is 1. The van der Waals surface area contributed by atoms with Crippen molar-refractivity contribution < 1.29 is 14.3 Å². The van der Waals surface area contributed by atoms with Crippen molar-refractivity contribution in [2.24, 2.45) is 0 Å². The summed E-state index contributed by atoms with van der Waals surface area (Å²) in [5.41, 5.74) is 2.89. The second kappa shape index (κ2) is 8.33. The van der Waals surface area contributed by atoms with E-state index in [0.717, 1.165) is 16.5 Å². The lowest BCUT2D eigenvalue weighted by Gasteiger charge is -2.05. The molecule has 0 radical (unpaired) electrons. The first kappa shape index (κ1) is 19.1. The molecule has 1 aromatic carbocycles. The number of halogens is 1. The minimum atomic E-state index is -0.600. The number of aryl methyl sites for hydroxylation is 1. The average molecular weight is 401 g/mol. The van der Waals surface area contributed by atoms with Gasteiger partial charge in [-0.3, -0.25) is 9.36 Å². The summed E-state index contributed by atoms with van der Waals surface area (Å²) in [6.07, 6.45) is 4.53. The Labute approximate surface area is 165 Å². The number of esters is 1. The van der Waals surface area contributed by atoms with E-state index in [-0.39, 0.29) is 12.4 Å². The molecule has 0 amide bonds. The molecule has 0 bridgehead atoms. The standard InChI is InChI=1S/C20H17ClN2O3S/c1-13-11-16(14(2)23(13)20-22-9-10-27-20)18(24)12-26-19(25)8-7-15-5-3-4-6-17(15)21/h3-11H,12H2,1-2H3/b8-7+. The van der Waals surface area contributed by atoms with Gasteiger partial charge < -0.3 is 4.74 Å². The molecule has 3 aromatic rings. The van der Waals surface area contributed by atoms with Crippen molar-refractivity contribution in [3.63, 3.8) is 0 Å². The summed E-state index contributed by atoms with van der Waals surface area (Å²) in [5.74, 6) is -0.859. The maximum atomic E-state index is 12.5. The van der Waals surface area contributed by atoms with E-state index in [0.29, 0.717) is 16.1 Å². The van der Waals surface area contributed by atoms with E-state index in [4.69, 9.17) is 16.3 Å². The number of thiazole rings is 1. The molecule has 2 heterocycles. The van der Waals surface area contributed by atoms with Crippen molar-refractivity contribution in [3.8, 4) is 5.13 Å². The van der Waals surface area contributed by atoms with Crippen LogP contribution in [-0.4, -0.2) is 27.9 Å². The summed E-state index contributed by atoms with van der Waals surface area (Å²) in [4.78, 5) is 28.7. The molecule has 0 aliphatic rings. The molecular weight excluding hydrogens is 384 g/mol. The number of hydrogen-bond donors (Lipinski definition) is 0. The number of rotatable bonds is 6. The Morgan fingerprint density at radius 1 is 1.30 bits per heavy atom. The number of ketones is 1. The van der Waals surface area contributed by atoms with Gasteiger partial charge in [0.2, 0.25) is 5.78 Å². The Balaban J connectivity index is 1.65. The highest BCUT2D eigenvalue weighted by molar-refractivity contribution is 7.12. The number of carbonyl (C=O) groups excluding carboxylic acids is 2. The van der Waals surface area contributed by atoms with Gasteiger partial charge in [-0.15, -0.1) is 11.3 Å². The number of aromatic nitrogens is 2. The van der Waals surface area contributed by atoms with Crippen LogP contribution in [0.1, 0.15) is 27.3 Å². The summed E-state index contributed by atoms with van der Waals surface area (Å²) in [7, 11) is 0. The Hall–Kier alpha value is -2.70. The van der Waals surface area contributed by atoms with Crippen molar-refractivity contribution in [3.05, 3.63) is 75.5 Å². The molecule has 0 N–H and O–H groups in total. The Morgan fingerprint density at radius 3 is 2.78 bits per heavy atom. The Kier molecular flexibility index (Phi) is 5.88. The van der Waals surface area contributed by atoms with E-state index in [1.807, 2.05) is 29.9 Å². The zero-order valence-corrected chi connectivity index (χ0v) is 16.4. The van der Waals surface area contributed by atoms with Gasteiger partial charge in [-0.2, -0.15) is 0 Å². The first-order chi connectivity index (χ1) is 13.0. The van der Waals surface area contributed by atoms with Crippen LogP contribution in [0.5, 0.6) is 0 Å². The zero-order valence-electron chi connectivity index (χ0n) is 14.8. The third-order valence-electron chi connectivity index (χ3n) is 3.99. The summed E-state index contributed by atoms with van der Waals surface area (Å²) in [6, 6.07) is 8.92. The van der Waals surface area contributed by atoms with Gasteiger partial charge in [0.05, 0.1) is 0 Å². The predicted octanol–water partition coefficient (Wildman–Crippen LogP) is 4.64. The van der Waals surface area contributed by atoms with Gasteiger partial charge in [-0.1, -0.05) is 29.8 Å². The van der Waals surface area contributed by atoms with Crippen LogP contribution in [-0.2, 0) is 9.53 Å². The average Bonchev–Trinajstić information content (AvgIpc) is 3.26. The molecule has 2 aromatic heterocycles. The van der Waals surface area contributed by atoms with Crippen LogP contribution in [0.2, 0.25) is 5.02 Å². The van der Waals surface area contributed by atoms with Gasteiger partial charge in [-0.25, -0.2) is 9.78 Å². The molecule has 138 valence electrons. The fraction of sp³-hybridized carbons (Fsp3) is 0.150. The van der Waals surface area contributed by atoms with Crippen molar-refractivity contribution in [1.29, 1.82) is 0 Å². The molecule has 3 rings (SSSR count). The van der Waals surface area contributed by atoms with Gasteiger partial charge >= 0.3 is 5.97 Å². The third kappa shape index (κ3) is 4.35. The fourth-order valence-corrected chi connectivity index (χ4v) is 3.65. The Morgan fingerprint density at radius 2 is 2.07 bits per heavy atom. The molecule has 0 atom stereocenters. The number of Topliss-reactive ketones (excluding diaryl/α,β-unsaturated/α-hetero) is 1. The topological polar surface area (TPSA) is 61.2 Å². The van der Waals surface area contributed by atoms with E-state index in [1.165, 1.54) is 17.4 Å². The van der Waals surface area contributed by atoms with Gasteiger partial charge in [-0.05, 0) is 37.6 Å². The monoisotopic (exact) mass is 400 g/mol. The first-order valence-electron chi connectivity index (χ1n) is 8.18. The molecule has 0 unspecified atom stereocenters. The van der Waals surface area contributed by atoms with Crippen LogP contribution in [0, 0.1) is 13.8 Å². The lowest BCUT2D eigenvalue weighted by Crippen LogP contribution is -2.13. The van der Waals surface area contributed by atoms with E-state index in [2.05, 4.69) is 4.98 Å². The summed E-state index contributed by atoms with van der Waals surface area (Å²) >= 11 is 7.52. The quantitative estimate of drug-likeness (QED) is 0.343. The maximum Gasteiger partial charge on any atom is 0.331 e. The molecule has 5 nitrogen and oxygen atoms in total. The fourth-order valence-electron chi connectivity index (χ4n) is 2.70. The van der Waals surface area contributed by atoms with Gasteiger partial charge in [0, 0.05) is 39.6 Å². The van der Waals surface area contributed by atoms with Crippen molar-refractivity contribution in [2.45, 2.75) is 13.8 Å². The molecule has 0 fully saturated rings. The summed E-state index contributed by atoms with van der Waals surface area (Å²) < 4.78 is 6.99. The number of carbonyl (C=O) groups is 2. The number of hydrogen-bond acceptors (Lipinski definition) is 5. The summed E-state index contributed by atoms with van der Waals surface area (Å²) in [5, 5.41) is 3.21. The third-order valence-corrected chi connectivity index (χ3v) is 5.09. The van der Waals surface area contributed by atoms with Crippen LogP contribution in [0.3, 0.4) is 0 Å². The van der Waals surface area contributed by atoms with Crippen molar-refractivity contribution in [2.75, 3.05) is 6.61 Å². The normalized spacial score (nSPS) is 11.1. The molecule has 7 heteroatoms. The minimum absolute atomic E-state index is 0.259. The maximum absolute atomic E-state index is 12.5. The van der Waals surface area contributed by atoms with E-state index in [9.17, 15) is 9.59 Å². The first-order valence-corrected chi connectivity index (χ1v) is 9.44. The van der Waals surface area contributed by atoms with Crippen LogP contribution in [0.15, 0.2) is 48.0 Å². The molecule has 0 saturated heterocycles. The van der Waals surface area contributed by atoms with Gasteiger partial charge in [0.25, 0.3) is 0 Å². The van der Waals surface area contributed by atoms with E-state index in [1.54, 1.807) is 36.5 Å². The van der Waals surface area contributed by atoms with Gasteiger partial charge in [0.15, 0.2) is 11.7 Å². The second-order valence-corrected chi connectivity index (χ2v) is 7.10. The van der Waals surface area contributed by atoms with Crippen LogP contribution >= 0.6 is 22.9 Å². The minimum Gasteiger partial charge on any atom is -0.454 e. The molecule has 0 aliphatic carbocycles. The van der Waals surface area contributed by atoms with E-state index < -0.39 is 5.97 Å². The lowest BCUT2D eigenvalue weighted by atomic mass is 10.1. The molecule has 27 heavy (non-hydrogen) atoms. The largest absolute Gasteiger partial charge is 0.454 e. The smallest absolute Gasteiger partial charge is 0.331 e. The highest BCUT2D eigenvalue weighted by Gasteiger charge is 2.18. The Bertz CT molecular complexity index is 1010. The molecule has 0 saturated carbocycles. The van der Waals surface area contributed by atoms with Crippen LogP contribution in [0.4, 0.5) is 0 Å². The zero-order chi connectivity index (χ0) is 19.4. The van der Waals surface area contributed by atoms with E-state index >= 15 is 0 Å². The van der Waals surface area contributed by atoms with Crippen LogP contribution in [0.25, 0.3) is 11.2 Å². The predicted molar refractivity (Wildman–Crippen MR) is 107 cm³/mol. The SMILES string of the molecule is Cc1cc(C(=O)COC(=O)/C=C/c2ccccc2Cl)c(C)n1-c1nccs1. The van der Waals surface area contributed by atoms with Crippen molar-refractivity contribution in [1.82, 2.24) is 9.55 Å². The summed E-state index contributed by atoms with van der Waals surface area (Å²) in [6.45, 7) is 3.43. The van der Waals surface area contributed by atoms with Crippen LogP contribution < -0.4 is 0 Å². The molecule has 0 spiro atoms. The molecule has 0 aliphatic heterocycles. The molecular formula is C20H17ClN2O3S.